The van der Waals surface area contributed by atoms with E-state index in [-0.39, 0.29) is 10.7 Å². The molecule has 0 saturated carbocycles. The third-order valence-electron chi connectivity index (χ3n) is 3.53. The van der Waals surface area contributed by atoms with Gasteiger partial charge in [-0.3, -0.25) is 4.79 Å². The van der Waals surface area contributed by atoms with Gasteiger partial charge in [-0.2, -0.15) is 13.2 Å². The Morgan fingerprint density at radius 3 is 2.74 bits per heavy atom. The second-order valence-electron chi connectivity index (χ2n) is 5.21. The zero-order chi connectivity index (χ0) is 17.2. The lowest BCUT2D eigenvalue weighted by atomic mass is 10.1. The van der Waals surface area contributed by atoms with Crippen molar-refractivity contribution in [1.29, 1.82) is 0 Å². The lowest BCUT2D eigenvalue weighted by molar-refractivity contribution is -0.140. The standard InChI is InChI=1S/C15H17F3N2O2S/c1-3-9(21)6-7-19-13(22)12-8(2)10-4-5-11(15(16,17)18)20-14(10)23-12/h4-5,9,21H,3,6-7H2,1-2H3,(H,19,22). The van der Waals surface area contributed by atoms with Gasteiger partial charge >= 0.3 is 6.18 Å². The molecule has 8 heteroatoms. The Bertz CT molecular complexity index is 713. The summed E-state index contributed by atoms with van der Waals surface area (Å²) in [5.74, 6) is -0.359. The molecule has 0 spiro atoms. The summed E-state index contributed by atoms with van der Waals surface area (Å²) < 4.78 is 38.1. The summed E-state index contributed by atoms with van der Waals surface area (Å²) in [5.41, 5.74) is -0.357. The Hall–Kier alpha value is -1.67. The fraction of sp³-hybridized carbons (Fsp3) is 0.467. The monoisotopic (exact) mass is 346 g/mol. The maximum atomic E-state index is 12.7. The highest BCUT2D eigenvalue weighted by atomic mass is 32.1. The van der Waals surface area contributed by atoms with Crippen molar-refractivity contribution in [3.05, 3.63) is 28.3 Å². The molecule has 0 aliphatic carbocycles. The van der Waals surface area contributed by atoms with Crippen LogP contribution in [0.4, 0.5) is 13.2 Å². The van der Waals surface area contributed by atoms with E-state index in [4.69, 9.17) is 0 Å². The molecule has 1 atom stereocenters. The number of hydrogen-bond donors (Lipinski definition) is 2. The lowest BCUT2D eigenvalue weighted by Gasteiger charge is -2.08. The largest absolute Gasteiger partial charge is 0.433 e. The van der Waals surface area contributed by atoms with Gasteiger partial charge in [-0.25, -0.2) is 4.98 Å². The fourth-order valence-electron chi connectivity index (χ4n) is 2.11. The minimum Gasteiger partial charge on any atom is -0.393 e. The molecule has 0 saturated heterocycles. The van der Waals surface area contributed by atoms with E-state index < -0.39 is 18.0 Å². The van der Waals surface area contributed by atoms with Crippen molar-refractivity contribution >= 4 is 27.5 Å². The van der Waals surface area contributed by atoms with E-state index in [2.05, 4.69) is 10.3 Å². The molecule has 1 amide bonds. The Morgan fingerprint density at radius 1 is 1.43 bits per heavy atom. The van der Waals surface area contributed by atoms with Crippen LogP contribution in [0.25, 0.3) is 10.2 Å². The number of aromatic nitrogens is 1. The van der Waals surface area contributed by atoms with Crippen LogP contribution < -0.4 is 5.32 Å². The summed E-state index contributed by atoms with van der Waals surface area (Å²) in [5, 5.41) is 12.7. The second kappa shape index (κ2) is 6.84. The molecule has 0 fully saturated rings. The van der Waals surface area contributed by atoms with Crippen LogP contribution in [0, 0.1) is 6.92 Å². The second-order valence-corrected chi connectivity index (χ2v) is 6.21. The van der Waals surface area contributed by atoms with Gasteiger partial charge in [-0.15, -0.1) is 11.3 Å². The van der Waals surface area contributed by atoms with Gasteiger partial charge in [-0.1, -0.05) is 6.92 Å². The molecule has 4 nitrogen and oxygen atoms in total. The van der Waals surface area contributed by atoms with Crippen LogP contribution in [0.3, 0.4) is 0 Å². The number of nitrogens with one attached hydrogen (secondary N) is 1. The number of thiophene rings is 1. The Balaban J connectivity index is 2.21. The first kappa shape index (κ1) is 17.7. The number of aliphatic hydroxyl groups excluding tert-OH is 1. The van der Waals surface area contributed by atoms with Crippen LogP contribution >= 0.6 is 11.3 Å². The van der Waals surface area contributed by atoms with Crippen LogP contribution in [0.15, 0.2) is 12.1 Å². The summed E-state index contributed by atoms with van der Waals surface area (Å²) in [4.78, 5) is 16.3. The number of nitrogens with zero attached hydrogens (tertiary/aromatic N) is 1. The molecule has 0 radical (unpaired) electrons. The molecule has 0 aliphatic rings. The van der Waals surface area contributed by atoms with Crippen LogP contribution in [0.1, 0.15) is 40.7 Å². The average molecular weight is 346 g/mol. The first-order chi connectivity index (χ1) is 10.7. The van der Waals surface area contributed by atoms with Gasteiger partial charge in [0.2, 0.25) is 0 Å². The first-order valence-electron chi connectivity index (χ1n) is 7.17. The number of aliphatic hydroxyl groups is 1. The van der Waals surface area contributed by atoms with E-state index in [9.17, 15) is 23.1 Å². The third-order valence-corrected chi connectivity index (χ3v) is 4.73. The third kappa shape index (κ3) is 4.00. The van der Waals surface area contributed by atoms with Gasteiger partial charge in [0.05, 0.1) is 11.0 Å². The van der Waals surface area contributed by atoms with Crippen molar-refractivity contribution in [2.45, 2.75) is 39.0 Å². The van der Waals surface area contributed by atoms with Gasteiger partial charge in [0, 0.05) is 11.9 Å². The zero-order valence-corrected chi connectivity index (χ0v) is 13.5. The first-order valence-corrected chi connectivity index (χ1v) is 7.99. The minimum absolute atomic E-state index is 0.191. The average Bonchev–Trinajstić information content (AvgIpc) is 2.82. The SMILES string of the molecule is CCC(O)CCNC(=O)c1sc2nc(C(F)(F)F)ccc2c1C. The number of pyridine rings is 1. The van der Waals surface area contributed by atoms with Crippen molar-refractivity contribution in [2.75, 3.05) is 6.54 Å². The number of carbonyl (C=O) groups excluding carboxylic acids is 1. The smallest absolute Gasteiger partial charge is 0.393 e. The number of halogens is 3. The molecule has 2 N–H and O–H groups in total. The molecular formula is C15H17F3N2O2S. The minimum atomic E-state index is -4.51. The highest BCUT2D eigenvalue weighted by Crippen LogP contribution is 2.34. The van der Waals surface area contributed by atoms with Gasteiger partial charge in [0.1, 0.15) is 10.5 Å². The predicted molar refractivity (Wildman–Crippen MR) is 82.6 cm³/mol. The molecule has 0 aliphatic heterocycles. The number of amides is 1. The molecule has 2 aromatic rings. The maximum absolute atomic E-state index is 12.7. The molecule has 23 heavy (non-hydrogen) atoms. The highest BCUT2D eigenvalue weighted by Gasteiger charge is 2.33. The molecular weight excluding hydrogens is 329 g/mol. The van der Waals surface area contributed by atoms with Gasteiger partial charge in [-0.05, 0) is 37.5 Å². The van der Waals surface area contributed by atoms with Gasteiger partial charge < -0.3 is 10.4 Å². The molecule has 2 aromatic heterocycles. The topological polar surface area (TPSA) is 62.2 Å². The van der Waals surface area contributed by atoms with Crippen molar-refractivity contribution in [1.82, 2.24) is 10.3 Å². The van der Waals surface area contributed by atoms with Crippen LogP contribution in [0.2, 0.25) is 0 Å². The maximum Gasteiger partial charge on any atom is 0.433 e. The lowest BCUT2D eigenvalue weighted by Crippen LogP contribution is -2.26. The van der Waals surface area contributed by atoms with Gasteiger partial charge in [0.25, 0.3) is 5.91 Å². The molecule has 2 heterocycles. The summed E-state index contributed by atoms with van der Waals surface area (Å²) >= 11 is 0.941. The molecule has 126 valence electrons. The Morgan fingerprint density at radius 2 is 2.13 bits per heavy atom. The predicted octanol–water partition coefficient (Wildman–Crippen LogP) is 3.51. The van der Waals surface area contributed by atoms with Crippen molar-refractivity contribution in [3.63, 3.8) is 0 Å². The van der Waals surface area contributed by atoms with E-state index in [1.165, 1.54) is 6.07 Å². The van der Waals surface area contributed by atoms with Crippen molar-refractivity contribution < 1.29 is 23.1 Å². The van der Waals surface area contributed by atoms with Crippen molar-refractivity contribution in [3.8, 4) is 0 Å². The highest BCUT2D eigenvalue weighted by molar-refractivity contribution is 7.20. The summed E-state index contributed by atoms with van der Waals surface area (Å²) in [6.45, 7) is 3.83. The number of hydrogen-bond acceptors (Lipinski definition) is 4. The van der Waals surface area contributed by atoms with Gasteiger partial charge in [0.15, 0.2) is 0 Å². The molecule has 1 unspecified atom stereocenters. The Kier molecular flexibility index (Phi) is 5.26. The summed E-state index contributed by atoms with van der Waals surface area (Å²) in [6, 6.07) is 2.26. The van der Waals surface area contributed by atoms with E-state index in [0.717, 1.165) is 17.4 Å². The fourth-order valence-corrected chi connectivity index (χ4v) is 3.21. The quantitative estimate of drug-likeness (QED) is 0.871. The number of fused-ring (bicyclic) bond motifs is 1. The van der Waals surface area contributed by atoms with E-state index >= 15 is 0 Å². The van der Waals surface area contributed by atoms with Crippen molar-refractivity contribution in [2.24, 2.45) is 0 Å². The number of alkyl halides is 3. The van der Waals surface area contributed by atoms with Crippen LogP contribution in [-0.2, 0) is 6.18 Å². The Labute approximate surface area is 135 Å². The number of rotatable bonds is 5. The normalized spacial score (nSPS) is 13.3. The summed E-state index contributed by atoms with van der Waals surface area (Å²) in [6.07, 6.45) is -3.95. The molecule has 0 bridgehead atoms. The molecule has 0 aromatic carbocycles. The summed E-state index contributed by atoms with van der Waals surface area (Å²) in [7, 11) is 0. The number of carbonyl (C=O) groups is 1. The zero-order valence-electron chi connectivity index (χ0n) is 12.7. The number of aryl methyl sites for hydroxylation is 1. The van der Waals surface area contributed by atoms with E-state index in [1.807, 2.05) is 6.92 Å². The molecule has 2 rings (SSSR count). The van der Waals surface area contributed by atoms with Crippen LogP contribution in [0.5, 0.6) is 0 Å². The van der Waals surface area contributed by atoms with E-state index in [1.54, 1.807) is 6.92 Å². The van der Waals surface area contributed by atoms with Crippen LogP contribution in [-0.4, -0.2) is 28.6 Å². The van der Waals surface area contributed by atoms with E-state index in [0.29, 0.717) is 35.2 Å².